The van der Waals surface area contributed by atoms with Crippen LogP contribution in [0.2, 0.25) is 0 Å². The SMILES string of the molecule is Cc1ccc(N=C2NC(=O)/C(=C/c3cc(Br)cc(Br)c3OCc3ccccc3)S2)cc1C. The van der Waals surface area contributed by atoms with E-state index in [2.05, 4.69) is 49.1 Å². The fourth-order valence-corrected chi connectivity index (χ4v) is 5.31. The number of carbonyl (C=O) groups excluding carboxylic acids is 1. The zero-order valence-corrected chi connectivity index (χ0v) is 21.5. The number of thioether (sulfide) groups is 1. The van der Waals surface area contributed by atoms with E-state index in [-0.39, 0.29) is 5.91 Å². The Morgan fingerprint density at radius 2 is 1.81 bits per heavy atom. The van der Waals surface area contributed by atoms with Gasteiger partial charge in [-0.05, 0) is 88.6 Å². The maximum atomic E-state index is 12.6. The standard InChI is InChI=1S/C25H20Br2N2O2S/c1-15-8-9-20(10-16(15)2)28-25-29-24(30)22(32-25)12-18-11-19(26)13-21(27)23(18)31-14-17-6-4-3-5-7-17/h3-13H,14H2,1-2H3,(H,28,29,30)/b22-12-. The van der Waals surface area contributed by atoms with Crippen molar-refractivity contribution in [2.45, 2.75) is 20.5 Å². The highest BCUT2D eigenvalue weighted by Gasteiger charge is 2.25. The molecule has 1 amide bonds. The lowest BCUT2D eigenvalue weighted by atomic mass is 10.1. The molecule has 0 saturated carbocycles. The van der Waals surface area contributed by atoms with Gasteiger partial charge in [0.25, 0.3) is 5.91 Å². The number of aryl methyl sites for hydroxylation is 2. The van der Waals surface area contributed by atoms with Crippen LogP contribution in [0.25, 0.3) is 6.08 Å². The molecule has 3 aromatic carbocycles. The molecular formula is C25H20Br2N2O2S. The summed E-state index contributed by atoms with van der Waals surface area (Å²) in [6.07, 6.45) is 1.83. The summed E-state index contributed by atoms with van der Waals surface area (Å²) in [7, 11) is 0. The number of amidine groups is 1. The number of benzene rings is 3. The van der Waals surface area contributed by atoms with Gasteiger partial charge in [0, 0.05) is 10.0 Å². The first-order chi connectivity index (χ1) is 15.4. The molecule has 0 bridgehead atoms. The summed E-state index contributed by atoms with van der Waals surface area (Å²) in [5.41, 5.74) is 5.05. The van der Waals surface area contributed by atoms with Crippen LogP contribution in [0.3, 0.4) is 0 Å². The van der Waals surface area contributed by atoms with E-state index in [0.29, 0.717) is 22.4 Å². The van der Waals surface area contributed by atoms with Gasteiger partial charge in [0.15, 0.2) is 5.17 Å². The normalized spacial score (nSPS) is 15.9. The third kappa shape index (κ3) is 5.52. The summed E-state index contributed by atoms with van der Waals surface area (Å²) < 4.78 is 7.81. The lowest BCUT2D eigenvalue weighted by Crippen LogP contribution is -2.19. The molecule has 1 saturated heterocycles. The summed E-state index contributed by atoms with van der Waals surface area (Å²) in [4.78, 5) is 17.8. The summed E-state index contributed by atoms with van der Waals surface area (Å²) in [5.74, 6) is 0.500. The minimum absolute atomic E-state index is 0.178. The van der Waals surface area contributed by atoms with Crippen molar-refractivity contribution < 1.29 is 9.53 Å². The first-order valence-corrected chi connectivity index (χ1v) is 12.3. The van der Waals surface area contributed by atoms with E-state index in [0.717, 1.165) is 31.3 Å². The van der Waals surface area contributed by atoms with Gasteiger partial charge >= 0.3 is 0 Å². The van der Waals surface area contributed by atoms with E-state index >= 15 is 0 Å². The monoisotopic (exact) mass is 570 g/mol. The molecule has 0 spiro atoms. The van der Waals surface area contributed by atoms with Crippen molar-refractivity contribution in [2.75, 3.05) is 0 Å². The molecule has 0 radical (unpaired) electrons. The maximum Gasteiger partial charge on any atom is 0.264 e. The van der Waals surface area contributed by atoms with E-state index in [9.17, 15) is 4.79 Å². The zero-order valence-electron chi connectivity index (χ0n) is 17.5. The van der Waals surface area contributed by atoms with Crippen molar-refractivity contribution in [1.82, 2.24) is 5.32 Å². The molecular weight excluding hydrogens is 552 g/mol. The topological polar surface area (TPSA) is 50.7 Å². The molecule has 1 fully saturated rings. The van der Waals surface area contributed by atoms with E-state index < -0.39 is 0 Å². The van der Waals surface area contributed by atoms with E-state index in [1.807, 2.05) is 73.7 Å². The molecule has 0 atom stereocenters. The van der Waals surface area contributed by atoms with E-state index in [1.165, 1.54) is 17.3 Å². The van der Waals surface area contributed by atoms with Crippen molar-refractivity contribution in [1.29, 1.82) is 0 Å². The smallest absolute Gasteiger partial charge is 0.264 e. The summed E-state index contributed by atoms with van der Waals surface area (Å²) in [6.45, 7) is 4.54. The number of hydrogen-bond donors (Lipinski definition) is 1. The second-order valence-electron chi connectivity index (χ2n) is 7.33. The fourth-order valence-electron chi connectivity index (χ4n) is 3.10. The van der Waals surface area contributed by atoms with Crippen molar-refractivity contribution in [3.05, 3.63) is 96.8 Å². The number of nitrogens with one attached hydrogen (secondary N) is 1. The molecule has 0 aromatic heterocycles. The van der Waals surface area contributed by atoms with Crippen LogP contribution < -0.4 is 10.1 Å². The molecule has 7 heteroatoms. The highest BCUT2D eigenvalue weighted by atomic mass is 79.9. The maximum absolute atomic E-state index is 12.6. The number of nitrogens with zero attached hydrogens (tertiary/aromatic N) is 1. The highest BCUT2D eigenvalue weighted by Crippen LogP contribution is 2.37. The molecule has 4 rings (SSSR count). The van der Waals surface area contributed by atoms with Gasteiger partial charge in [0.05, 0.1) is 15.1 Å². The van der Waals surface area contributed by atoms with E-state index in [4.69, 9.17) is 4.74 Å². The van der Waals surface area contributed by atoms with Gasteiger partial charge in [-0.1, -0.05) is 52.3 Å². The molecule has 1 heterocycles. The Morgan fingerprint density at radius 3 is 2.56 bits per heavy atom. The molecule has 0 unspecified atom stereocenters. The Kier molecular flexibility index (Phi) is 7.18. The average molecular weight is 572 g/mol. The third-order valence-corrected chi connectivity index (χ3v) is 6.88. The van der Waals surface area contributed by atoms with Crippen LogP contribution in [-0.4, -0.2) is 11.1 Å². The van der Waals surface area contributed by atoms with Crippen LogP contribution in [0.15, 0.2) is 79.5 Å². The van der Waals surface area contributed by atoms with Crippen molar-refractivity contribution >= 4 is 66.5 Å². The molecule has 32 heavy (non-hydrogen) atoms. The van der Waals surface area contributed by atoms with Gasteiger partial charge in [0.2, 0.25) is 0 Å². The van der Waals surface area contributed by atoms with Crippen LogP contribution in [0.4, 0.5) is 5.69 Å². The van der Waals surface area contributed by atoms with Crippen LogP contribution in [0.1, 0.15) is 22.3 Å². The molecule has 4 nitrogen and oxygen atoms in total. The minimum Gasteiger partial charge on any atom is -0.487 e. The van der Waals surface area contributed by atoms with Gasteiger partial charge in [-0.15, -0.1) is 0 Å². The second kappa shape index (κ2) is 10.1. The van der Waals surface area contributed by atoms with Gasteiger partial charge < -0.3 is 10.1 Å². The number of rotatable bonds is 5. The predicted octanol–water partition coefficient (Wildman–Crippen LogP) is 7.30. The van der Waals surface area contributed by atoms with Crippen LogP contribution in [0.5, 0.6) is 5.75 Å². The molecule has 1 N–H and O–H groups in total. The predicted molar refractivity (Wildman–Crippen MR) is 139 cm³/mol. The van der Waals surface area contributed by atoms with Gasteiger partial charge in [0.1, 0.15) is 12.4 Å². The number of hydrogen-bond acceptors (Lipinski definition) is 4. The Bertz CT molecular complexity index is 1240. The third-order valence-electron chi connectivity index (χ3n) is 4.92. The lowest BCUT2D eigenvalue weighted by Gasteiger charge is -2.12. The van der Waals surface area contributed by atoms with Crippen molar-refractivity contribution in [3.8, 4) is 5.75 Å². The fraction of sp³-hybridized carbons (Fsp3) is 0.120. The number of halogens is 2. The van der Waals surface area contributed by atoms with Gasteiger partial charge in [-0.3, -0.25) is 4.79 Å². The zero-order chi connectivity index (χ0) is 22.7. The minimum atomic E-state index is -0.178. The van der Waals surface area contributed by atoms with Crippen molar-refractivity contribution in [3.63, 3.8) is 0 Å². The van der Waals surface area contributed by atoms with Crippen molar-refractivity contribution in [2.24, 2.45) is 4.99 Å². The Morgan fingerprint density at radius 1 is 1.03 bits per heavy atom. The van der Waals surface area contributed by atoms with Crippen LogP contribution in [-0.2, 0) is 11.4 Å². The van der Waals surface area contributed by atoms with Gasteiger partial charge in [-0.2, -0.15) is 0 Å². The van der Waals surface area contributed by atoms with Gasteiger partial charge in [-0.25, -0.2) is 4.99 Å². The Labute approximate surface area is 208 Å². The Hall–Kier alpha value is -2.35. The van der Waals surface area contributed by atoms with Crippen LogP contribution in [0, 0.1) is 13.8 Å². The number of carbonyl (C=O) groups is 1. The molecule has 1 aliphatic rings. The molecule has 0 aliphatic carbocycles. The van der Waals surface area contributed by atoms with E-state index in [1.54, 1.807) is 0 Å². The quantitative estimate of drug-likeness (QED) is 0.327. The largest absolute Gasteiger partial charge is 0.487 e. The number of amides is 1. The first-order valence-electron chi connectivity index (χ1n) is 9.91. The summed E-state index contributed by atoms with van der Waals surface area (Å²) >= 11 is 8.44. The number of ether oxygens (including phenoxy) is 1. The lowest BCUT2D eigenvalue weighted by molar-refractivity contribution is -0.115. The van der Waals surface area contributed by atoms with Crippen LogP contribution >= 0.6 is 43.6 Å². The second-order valence-corrected chi connectivity index (χ2v) is 10.1. The molecule has 3 aromatic rings. The number of aliphatic imine (C=N–C) groups is 1. The highest BCUT2D eigenvalue weighted by molar-refractivity contribution is 9.11. The Balaban J connectivity index is 1.60. The average Bonchev–Trinajstić information content (AvgIpc) is 3.09. The summed E-state index contributed by atoms with van der Waals surface area (Å²) in [6, 6.07) is 19.8. The molecule has 1 aliphatic heterocycles. The summed E-state index contributed by atoms with van der Waals surface area (Å²) in [5, 5.41) is 3.42. The first kappa shape index (κ1) is 22.8. The molecule has 162 valence electrons.